The lowest BCUT2D eigenvalue weighted by molar-refractivity contribution is -0.126. The fourth-order valence-corrected chi connectivity index (χ4v) is 3.52. The van der Waals surface area contributed by atoms with Crippen molar-refractivity contribution in [3.63, 3.8) is 0 Å². The summed E-state index contributed by atoms with van der Waals surface area (Å²) in [5.74, 6) is 1.01. The molecule has 0 N–H and O–H groups in total. The molecule has 3 rings (SSSR count). The molecule has 1 amide bonds. The first kappa shape index (κ1) is 15.7. The van der Waals surface area contributed by atoms with E-state index in [0.717, 1.165) is 30.1 Å². The zero-order valence-electron chi connectivity index (χ0n) is 13.5. The van der Waals surface area contributed by atoms with Gasteiger partial charge in [-0.2, -0.15) is 0 Å². The predicted molar refractivity (Wildman–Crippen MR) is 95.6 cm³/mol. The van der Waals surface area contributed by atoms with Crippen molar-refractivity contribution >= 4 is 29.1 Å². The Labute approximate surface area is 141 Å². The molecule has 0 spiro atoms. The van der Waals surface area contributed by atoms with E-state index in [4.69, 9.17) is 0 Å². The first-order valence-electron chi connectivity index (χ1n) is 7.80. The average Bonchev–Trinajstić information content (AvgIpc) is 3.24. The van der Waals surface area contributed by atoms with Crippen molar-refractivity contribution < 1.29 is 4.79 Å². The molecule has 2 aromatic rings. The summed E-state index contributed by atoms with van der Waals surface area (Å²) in [4.78, 5) is 22.0. The third-order valence-electron chi connectivity index (χ3n) is 4.08. The number of carbonyl (C=O) groups excluding carboxylic acids is 1. The summed E-state index contributed by atoms with van der Waals surface area (Å²) in [6.07, 6.45) is 7.48. The Hall–Kier alpha value is -2.14. The van der Waals surface area contributed by atoms with E-state index < -0.39 is 0 Å². The molecular weight excluding hydrogens is 306 g/mol. The highest BCUT2D eigenvalue weighted by Gasteiger charge is 2.29. The van der Waals surface area contributed by atoms with Crippen LogP contribution >= 0.6 is 11.3 Å². The maximum absolute atomic E-state index is 12.6. The SMILES string of the molecule is CN(C)c1cc([C@@H]2CCCN2C(=O)/C=C/c2cccs2)ccn1. The van der Waals surface area contributed by atoms with E-state index in [1.807, 2.05) is 59.7 Å². The van der Waals surface area contributed by atoms with Crippen LogP contribution < -0.4 is 4.90 Å². The summed E-state index contributed by atoms with van der Waals surface area (Å²) in [6, 6.07) is 8.26. The van der Waals surface area contributed by atoms with Crippen LogP contribution in [0.1, 0.15) is 29.3 Å². The van der Waals surface area contributed by atoms with Crippen LogP contribution in [0.5, 0.6) is 0 Å². The van der Waals surface area contributed by atoms with Gasteiger partial charge in [0.05, 0.1) is 6.04 Å². The molecule has 2 aromatic heterocycles. The molecule has 120 valence electrons. The fourth-order valence-electron chi connectivity index (χ4n) is 2.90. The smallest absolute Gasteiger partial charge is 0.247 e. The highest BCUT2D eigenvalue weighted by Crippen LogP contribution is 2.33. The van der Waals surface area contributed by atoms with Crippen molar-refractivity contribution in [2.75, 3.05) is 25.5 Å². The highest BCUT2D eigenvalue weighted by atomic mass is 32.1. The van der Waals surface area contributed by atoms with Gasteiger partial charge in [0.1, 0.15) is 5.82 Å². The topological polar surface area (TPSA) is 36.4 Å². The number of nitrogens with zero attached hydrogens (tertiary/aromatic N) is 3. The molecule has 4 nitrogen and oxygen atoms in total. The van der Waals surface area contributed by atoms with Gasteiger partial charge in [-0.3, -0.25) is 4.79 Å². The summed E-state index contributed by atoms with van der Waals surface area (Å²) >= 11 is 1.64. The van der Waals surface area contributed by atoms with E-state index in [1.165, 1.54) is 5.56 Å². The van der Waals surface area contributed by atoms with E-state index in [9.17, 15) is 4.79 Å². The van der Waals surface area contributed by atoms with Crippen molar-refractivity contribution in [3.8, 4) is 0 Å². The first-order chi connectivity index (χ1) is 11.1. The lowest BCUT2D eigenvalue weighted by Crippen LogP contribution is -2.29. The highest BCUT2D eigenvalue weighted by molar-refractivity contribution is 7.10. The number of hydrogen-bond donors (Lipinski definition) is 0. The molecule has 0 aromatic carbocycles. The van der Waals surface area contributed by atoms with E-state index in [2.05, 4.69) is 11.1 Å². The second-order valence-electron chi connectivity index (χ2n) is 5.88. The van der Waals surface area contributed by atoms with Gasteiger partial charge in [0.2, 0.25) is 5.91 Å². The van der Waals surface area contributed by atoms with Gasteiger partial charge in [-0.25, -0.2) is 4.98 Å². The van der Waals surface area contributed by atoms with E-state index in [-0.39, 0.29) is 11.9 Å². The number of carbonyl (C=O) groups is 1. The molecule has 1 saturated heterocycles. The van der Waals surface area contributed by atoms with Crippen molar-refractivity contribution in [1.82, 2.24) is 9.88 Å². The zero-order valence-corrected chi connectivity index (χ0v) is 14.3. The first-order valence-corrected chi connectivity index (χ1v) is 8.68. The van der Waals surface area contributed by atoms with Crippen LogP contribution in [-0.2, 0) is 4.79 Å². The molecule has 0 aliphatic carbocycles. The lowest BCUT2D eigenvalue weighted by Gasteiger charge is -2.24. The maximum Gasteiger partial charge on any atom is 0.247 e. The molecule has 3 heterocycles. The van der Waals surface area contributed by atoms with Crippen molar-refractivity contribution in [2.45, 2.75) is 18.9 Å². The molecule has 5 heteroatoms. The summed E-state index contributed by atoms with van der Waals surface area (Å²) in [5, 5.41) is 2.02. The lowest BCUT2D eigenvalue weighted by atomic mass is 10.1. The number of pyridine rings is 1. The number of anilines is 1. The van der Waals surface area contributed by atoms with Crippen LogP contribution in [0.3, 0.4) is 0 Å². The molecule has 1 fully saturated rings. The van der Waals surface area contributed by atoms with Crippen LogP contribution in [-0.4, -0.2) is 36.4 Å². The molecule has 1 aliphatic heterocycles. The number of amides is 1. The fraction of sp³-hybridized carbons (Fsp3) is 0.333. The molecule has 1 aliphatic rings. The van der Waals surface area contributed by atoms with Crippen molar-refractivity contribution in [2.24, 2.45) is 0 Å². The minimum absolute atomic E-state index is 0.0871. The molecule has 0 unspecified atom stereocenters. The quantitative estimate of drug-likeness (QED) is 0.805. The number of aromatic nitrogens is 1. The molecule has 1 atom stereocenters. The van der Waals surface area contributed by atoms with Crippen LogP contribution in [0.4, 0.5) is 5.82 Å². The number of thiophene rings is 1. The third-order valence-corrected chi connectivity index (χ3v) is 4.92. The van der Waals surface area contributed by atoms with Gasteiger partial charge in [-0.15, -0.1) is 11.3 Å². The minimum Gasteiger partial charge on any atom is -0.363 e. The van der Waals surface area contributed by atoms with Gasteiger partial charge in [0, 0.05) is 37.8 Å². The Morgan fingerprint density at radius 1 is 1.43 bits per heavy atom. The largest absolute Gasteiger partial charge is 0.363 e. The Morgan fingerprint density at radius 3 is 3.04 bits per heavy atom. The molecule has 0 saturated carbocycles. The normalized spacial score (nSPS) is 17.8. The van der Waals surface area contributed by atoms with Crippen LogP contribution in [0.2, 0.25) is 0 Å². The summed E-state index contributed by atoms with van der Waals surface area (Å²) in [7, 11) is 3.96. The van der Waals surface area contributed by atoms with Gasteiger partial charge in [-0.1, -0.05) is 6.07 Å². The second kappa shape index (κ2) is 6.96. The molecular formula is C18H21N3OS. The van der Waals surface area contributed by atoms with Crippen molar-refractivity contribution in [1.29, 1.82) is 0 Å². The van der Waals surface area contributed by atoms with Gasteiger partial charge < -0.3 is 9.80 Å². The molecule has 23 heavy (non-hydrogen) atoms. The Bertz CT molecular complexity index is 694. The standard InChI is InChI=1S/C18H21N3OS/c1-20(2)17-13-14(9-10-19-17)16-6-3-11-21(16)18(22)8-7-15-5-4-12-23-15/h4-5,7-10,12-13,16H,3,6,11H2,1-2H3/b8-7+/t16-/m0/s1. The van der Waals surface area contributed by atoms with Gasteiger partial charge in [0.15, 0.2) is 0 Å². The Morgan fingerprint density at radius 2 is 2.30 bits per heavy atom. The summed E-state index contributed by atoms with van der Waals surface area (Å²) in [5.41, 5.74) is 1.17. The Kier molecular flexibility index (Phi) is 4.76. The maximum atomic E-state index is 12.6. The third kappa shape index (κ3) is 3.62. The Balaban J connectivity index is 1.77. The van der Waals surface area contributed by atoms with E-state index >= 15 is 0 Å². The monoisotopic (exact) mass is 327 g/mol. The van der Waals surface area contributed by atoms with Crippen molar-refractivity contribution in [3.05, 3.63) is 52.4 Å². The number of likely N-dealkylation sites (tertiary alicyclic amines) is 1. The van der Waals surface area contributed by atoms with Crippen LogP contribution in [0.15, 0.2) is 41.9 Å². The van der Waals surface area contributed by atoms with E-state index in [0.29, 0.717) is 0 Å². The van der Waals surface area contributed by atoms with Crippen LogP contribution in [0, 0.1) is 0 Å². The van der Waals surface area contributed by atoms with Gasteiger partial charge in [-0.05, 0) is 48.1 Å². The predicted octanol–water partition coefficient (Wildman–Crippen LogP) is 3.59. The zero-order chi connectivity index (χ0) is 16.2. The molecule has 0 bridgehead atoms. The van der Waals surface area contributed by atoms with Crippen LogP contribution in [0.25, 0.3) is 6.08 Å². The van der Waals surface area contributed by atoms with Gasteiger partial charge >= 0.3 is 0 Å². The minimum atomic E-state index is 0.0871. The van der Waals surface area contributed by atoms with Gasteiger partial charge in [0.25, 0.3) is 0 Å². The summed E-state index contributed by atoms with van der Waals surface area (Å²) in [6.45, 7) is 0.817. The molecule has 0 radical (unpaired) electrons. The second-order valence-corrected chi connectivity index (χ2v) is 6.86. The average molecular weight is 327 g/mol. The number of hydrogen-bond acceptors (Lipinski definition) is 4. The number of rotatable bonds is 4. The van der Waals surface area contributed by atoms with E-state index in [1.54, 1.807) is 17.4 Å². The summed E-state index contributed by atoms with van der Waals surface area (Å²) < 4.78 is 0.